The van der Waals surface area contributed by atoms with Gasteiger partial charge in [-0.1, -0.05) is 66.7 Å². The molecule has 26 heavy (non-hydrogen) atoms. The number of benzene rings is 3. The first kappa shape index (κ1) is 17.4. The summed E-state index contributed by atoms with van der Waals surface area (Å²) in [5.41, 5.74) is 4.43. The Morgan fingerprint density at radius 1 is 0.962 bits per heavy atom. The van der Waals surface area contributed by atoms with Crippen LogP contribution < -0.4 is 0 Å². The zero-order valence-electron chi connectivity index (χ0n) is 14.0. The predicted octanol–water partition coefficient (Wildman–Crippen LogP) is 3.93. The van der Waals surface area contributed by atoms with Gasteiger partial charge in [0.05, 0.1) is 11.6 Å². The number of carboxylic acid groups (broad SMARTS) is 1. The largest absolute Gasteiger partial charge is 0.479 e. The second-order valence-electron chi connectivity index (χ2n) is 5.98. The molecule has 1 atom stereocenters. The summed E-state index contributed by atoms with van der Waals surface area (Å²) in [4.78, 5) is 11.1. The molecule has 4 nitrogen and oxygen atoms in total. The van der Waals surface area contributed by atoms with E-state index in [0.29, 0.717) is 17.5 Å². The Balaban J connectivity index is 2.14. The average Bonchev–Trinajstić information content (AvgIpc) is 2.68. The Bertz CT molecular complexity index is 974. The van der Waals surface area contributed by atoms with Crippen LogP contribution in [0.5, 0.6) is 0 Å². The molecule has 0 aliphatic heterocycles. The number of hydrogen-bond acceptors (Lipinski definition) is 3. The summed E-state index contributed by atoms with van der Waals surface area (Å²) >= 11 is 0. The van der Waals surface area contributed by atoms with Crippen molar-refractivity contribution in [1.82, 2.24) is 0 Å². The van der Waals surface area contributed by atoms with Crippen molar-refractivity contribution in [2.75, 3.05) is 0 Å². The number of nitrogens with zero attached hydrogens (tertiary/aromatic N) is 1. The first-order valence-electron chi connectivity index (χ1n) is 8.17. The van der Waals surface area contributed by atoms with E-state index in [1.807, 2.05) is 48.5 Å². The van der Waals surface area contributed by atoms with Gasteiger partial charge in [0, 0.05) is 0 Å². The highest BCUT2D eigenvalue weighted by atomic mass is 16.4. The van der Waals surface area contributed by atoms with E-state index in [9.17, 15) is 15.2 Å². The monoisotopic (exact) mass is 343 g/mol. The molecule has 3 rings (SSSR count). The van der Waals surface area contributed by atoms with E-state index in [4.69, 9.17) is 5.11 Å². The molecule has 1 unspecified atom stereocenters. The Morgan fingerprint density at radius 2 is 1.65 bits per heavy atom. The Kier molecular flexibility index (Phi) is 5.12. The Labute approximate surface area is 151 Å². The van der Waals surface area contributed by atoms with Crippen LogP contribution in [0, 0.1) is 11.3 Å². The minimum Gasteiger partial charge on any atom is -0.479 e. The van der Waals surface area contributed by atoms with Crippen LogP contribution in [0.4, 0.5) is 0 Å². The van der Waals surface area contributed by atoms with E-state index in [1.54, 1.807) is 24.3 Å². The maximum absolute atomic E-state index is 11.1. The molecule has 3 aromatic carbocycles. The zero-order valence-corrected chi connectivity index (χ0v) is 14.0. The van der Waals surface area contributed by atoms with E-state index in [2.05, 4.69) is 6.07 Å². The summed E-state index contributed by atoms with van der Waals surface area (Å²) in [6, 6.07) is 24.3. The quantitative estimate of drug-likeness (QED) is 0.735. The number of rotatable bonds is 5. The molecular weight excluding hydrogens is 326 g/mol. The number of aliphatic carboxylic acids is 1. The molecule has 0 aliphatic rings. The van der Waals surface area contributed by atoms with Crippen molar-refractivity contribution in [3.05, 3.63) is 95.1 Å². The lowest BCUT2D eigenvalue weighted by Crippen LogP contribution is -2.11. The number of nitriles is 1. The lowest BCUT2D eigenvalue weighted by molar-refractivity contribution is -0.146. The summed E-state index contributed by atoms with van der Waals surface area (Å²) in [6.07, 6.45) is -1.01. The van der Waals surface area contributed by atoms with Crippen molar-refractivity contribution in [2.24, 2.45) is 0 Å². The van der Waals surface area contributed by atoms with Gasteiger partial charge in [-0.2, -0.15) is 5.26 Å². The first-order valence-corrected chi connectivity index (χ1v) is 8.17. The van der Waals surface area contributed by atoms with Crippen molar-refractivity contribution in [2.45, 2.75) is 12.5 Å². The van der Waals surface area contributed by atoms with Crippen molar-refractivity contribution in [3.63, 3.8) is 0 Å². The lowest BCUT2D eigenvalue weighted by atomic mass is 9.90. The van der Waals surface area contributed by atoms with E-state index in [0.717, 1.165) is 22.3 Å². The van der Waals surface area contributed by atoms with Gasteiger partial charge in [0.2, 0.25) is 0 Å². The molecule has 0 heterocycles. The maximum Gasteiger partial charge on any atom is 0.337 e. The van der Waals surface area contributed by atoms with Gasteiger partial charge in [0.1, 0.15) is 0 Å². The summed E-state index contributed by atoms with van der Waals surface area (Å²) in [6.45, 7) is 0. The molecule has 0 saturated heterocycles. The van der Waals surface area contributed by atoms with Crippen LogP contribution >= 0.6 is 0 Å². The van der Waals surface area contributed by atoms with Crippen LogP contribution in [-0.2, 0) is 11.2 Å². The second kappa shape index (κ2) is 7.64. The van der Waals surface area contributed by atoms with Gasteiger partial charge in [0.25, 0.3) is 0 Å². The third-order valence-corrected chi connectivity index (χ3v) is 4.25. The van der Waals surface area contributed by atoms with Crippen molar-refractivity contribution < 1.29 is 15.0 Å². The minimum absolute atomic E-state index is 0.321. The van der Waals surface area contributed by atoms with Gasteiger partial charge in [-0.15, -0.1) is 0 Å². The molecule has 3 aromatic rings. The molecule has 128 valence electrons. The van der Waals surface area contributed by atoms with Gasteiger partial charge in [-0.25, -0.2) is 4.79 Å². The molecular formula is C22H17NO3. The van der Waals surface area contributed by atoms with Gasteiger partial charge in [-0.05, 0) is 40.3 Å². The number of aliphatic hydroxyl groups is 1. The van der Waals surface area contributed by atoms with E-state index in [-0.39, 0.29) is 0 Å². The summed E-state index contributed by atoms with van der Waals surface area (Å²) in [5.74, 6) is -1.29. The van der Waals surface area contributed by atoms with Crippen molar-refractivity contribution in [1.29, 1.82) is 5.26 Å². The normalized spacial score (nSPS) is 11.5. The molecule has 2 N–H and O–H groups in total. The van der Waals surface area contributed by atoms with E-state index in [1.165, 1.54) is 0 Å². The molecule has 0 bridgehead atoms. The Morgan fingerprint density at radius 3 is 2.35 bits per heavy atom. The van der Waals surface area contributed by atoms with Crippen LogP contribution in [0.15, 0.2) is 72.8 Å². The fourth-order valence-corrected chi connectivity index (χ4v) is 2.97. The van der Waals surface area contributed by atoms with Crippen LogP contribution in [0.2, 0.25) is 0 Å². The number of carbonyl (C=O) groups is 1. The smallest absolute Gasteiger partial charge is 0.337 e. The standard InChI is InChI=1S/C22H17NO3/c23-14-17-8-4-5-9-19(17)20-11-10-16(21(24)22(25)26)13-18(20)12-15-6-2-1-3-7-15/h1-11,13,21,24H,12H2,(H,25,26). The molecule has 0 spiro atoms. The SMILES string of the molecule is N#Cc1ccccc1-c1ccc(C(O)C(=O)O)cc1Cc1ccccc1. The summed E-state index contributed by atoms with van der Waals surface area (Å²) in [7, 11) is 0. The second-order valence-corrected chi connectivity index (χ2v) is 5.98. The van der Waals surface area contributed by atoms with Crippen LogP contribution in [0.25, 0.3) is 11.1 Å². The molecule has 0 radical (unpaired) electrons. The topological polar surface area (TPSA) is 81.3 Å². The number of carboxylic acids is 1. The van der Waals surface area contributed by atoms with Gasteiger partial charge in [0.15, 0.2) is 6.10 Å². The zero-order chi connectivity index (χ0) is 18.5. The number of aliphatic hydroxyl groups excluding tert-OH is 1. The average molecular weight is 343 g/mol. The summed E-state index contributed by atoms with van der Waals surface area (Å²) < 4.78 is 0. The highest BCUT2D eigenvalue weighted by Gasteiger charge is 2.18. The Hall–Kier alpha value is -3.42. The fourth-order valence-electron chi connectivity index (χ4n) is 2.97. The fraction of sp³-hybridized carbons (Fsp3) is 0.0909. The molecule has 0 saturated carbocycles. The molecule has 0 aliphatic carbocycles. The summed E-state index contributed by atoms with van der Waals surface area (Å²) in [5, 5.41) is 28.4. The maximum atomic E-state index is 11.1. The van der Waals surface area contributed by atoms with Gasteiger partial charge in [-0.3, -0.25) is 0 Å². The van der Waals surface area contributed by atoms with Crippen LogP contribution in [0.3, 0.4) is 0 Å². The molecule has 0 aromatic heterocycles. The first-order chi connectivity index (χ1) is 12.6. The van der Waals surface area contributed by atoms with E-state index < -0.39 is 12.1 Å². The van der Waals surface area contributed by atoms with Crippen molar-refractivity contribution in [3.8, 4) is 17.2 Å². The number of hydrogen-bond donors (Lipinski definition) is 2. The van der Waals surface area contributed by atoms with Gasteiger partial charge < -0.3 is 10.2 Å². The lowest BCUT2D eigenvalue weighted by Gasteiger charge is -2.15. The highest BCUT2D eigenvalue weighted by Crippen LogP contribution is 2.31. The third kappa shape index (κ3) is 3.64. The van der Waals surface area contributed by atoms with Crippen LogP contribution in [0.1, 0.15) is 28.4 Å². The third-order valence-electron chi connectivity index (χ3n) is 4.25. The molecule has 0 amide bonds. The van der Waals surface area contributed by atoms with E-state index >= 15 is 0 Å². The van der Waals surface area contributed by atoms with Crippen molar-refractivity contribution >= 4 is 5.97 Å². The predicted molar refractivity (Wildman–Crippen MR) is 98.4 cm³/mol. The van der Waals surface area contributed by atoms with Gasteiger partial charge >= 0.3 is 5.97 Å². The highest BCUT2D eigenvalue weighted by molar-refractivity contribution is 5.77. The molecule has 0 fully saturated rings. The molecule has 4 heteroatoms. The van der Waals surface area contributed by atoms with Crippen LogP contribution in [-0.4, -0.2) is 16.2 Å². The minimum atomic E-state index is -1.58.